The SMILES string of the molecule is COc1ccc(N2C(=O)c3ccccc3N[C@@H]2c2cccc(OC)c2)cc1. The molecule has 1 aliphatic rings. The second kappa shape index (κ2) is 7.03. The zero-order valence-electron chi connectivity index (χ0n) is 15.2. The fraction of sp³-hybridized carbons (Fsp3) is 0.136. The van der Waals surface area contributed by atoms with Gasteiger partial charge in [0.05, 0.1) is 19.8 Å². The molecular weight excluding hydrogens is 340 g/mol. The molecule has 0 bridgehead atoms. The number of hydrogen-bond donors (Lipinski definition) is 1. The number of nitrogens with zero attached hydrogens (tertiary/aromatic N) is 1. The minimum Gasteiger partial charge on any atom is -0.497 e. The Hall–Kier alpha value is -3.47. The molecule has 5 heteroatoms. The third kappa shape index (κ3) is 3.08. The lowest BCUT2D eigenvalue weighted by molar-refractivity contribution is 0.0975. The molecule has 1 aliphatic heterocycles. The van der Waals surface area contributed by atoms with E-state index in [9.17, 15) is 4.79 Å². The first-order valence-corrected chi connectivity index (χ1v) is 8.68. The molecule has 0 saturated carbocycles. The van der Waals surface area contributed by atoms with Crippen LogP contribution in [0.25, 0.3) is 0 Å². The number of carbonyl (C=O) groups is 1. The molecule has 0 radical (unpaired) electrons. The highest BCUT2D eigenvalue weighted by Gasteiger charge is 2.34. The monoisotopic (exact) mass is 360 g/mol. The van der Waals surface area contributed by atoms with Crippen molar-refractivity contribution in [3.05, 3.63) is 83.9 Å². The first kappa shape index (κ1) is 17.0. The predicted octanol–water partition coefficient (Wildman–Crippen LogP) is 4.47. The molecule has 0 unspecified atom stereocenters. The quantitative estimate of drug-likeness (QED) is 0.746. The molecule has 136 valence electrons. The number of methoxy groups -OCH3 is 2. The zero-order valence-corrected chi connectivity index (χ0v) is 15.2. The highest BCUT2D eigenvalue weighted by atomic mass is 16.5. The van der Waals surface area contributed by atoms with Gasteiger partial charge in [-0.3, -0.25) is 9.69 Å². The average molecular weight is 360 g/mol. The van der Waals surface area contributed by atoms with Gasteiger partial charge in [-0.1, -0.05) is 24.3 Å². The highest BCUT2D eigenvalue weighted by Crippen LogP contribution is 2.37. The van der Waals surface area contributed by atoms with Crippen molar-refractivity contribution >= 4 is 17.3 Å². The molecule has 0 saturated heterocycles. The van der Waals surface area contributed by atoms with E-state index < -0.39 is 0 Å². The topological polar surface area (TPSA) is 50.8 Å². The van der Waals surface area contributed by atoms with Crippen LogP contribution < -0.4 is 19.7 Å². The van der Waals surface area contributed by atoms with E-state index in [4.69, 9.17) is 9.47 Å². The Morgan fingerprint density at radius 3 is 2.33 bits per heavy atom. The van der Waals surface area contributed by atoms with Crippen LogP contribution in [0, 0.1) is 0 Å². The maximum atomic E-state index is 13.3. The van der Waals surface area contributed by atoms with Crippen LogP contribution >= 0.6 is 0 Å². The van der Waals surface area contributed by atoms with Gasteiger partial charge < -0.3 is 14.8 Å². The molecule has 3 aromatic rings. The smallest absolute Gasteiger partial charge is 0.262 e. The molecule has 0 aromatic heterocycles. The van der Waals surface area contributed by atoms with Gasteiger partial charge in [0, 0.05) is 11.4 Å². The van der Waals surface area contributed by atoms with Crippen LogP contribution in [0.3, 0.4) is 0 Å². The Bertz CT molecular complexity index is 969. The summed E-state index contributed by atoms with van der Waals surface area (Å²) < 4.78 is 10.6. The molecule has 1 N–H and O–H groups in total. The number of rotatable bonds is 4. The van der Waals surface area contributed by atoms with E-state index in [1.54, 1.807) is 19.1 Å². The van der Waals surface area contributed by atoms with Crippen molar-refractivity contribution in [2.24, 2.45) is 0 Å². The van der Waals surface area contributed by atoms with E-state index in [0.717, 1.165) is 28.4 Å². The molecule has 1 amide bonds. The third-order valence-corrected chi connectivity index (χ3v) is 4.69. The van der Waals surface area contributed by atoms with E-state index in [2.05, 4.69) is 5.32 Å². The zero-order chi connectivity index (χ0) is 18.8. The van der Waals surface area contributed by atoms with E-state index in [1.807, 2.05) is 72.8 Å². The van der Waals surface area contributed by atoms with Crippen molar-refractivity contribution in [3.8, 4) is 11.5 Å². The minimum atomic E-state index is -0.351. The number of amides is 1. The maximum absolute atomic E-state index is 13.3. The standard InChI is InChI=1S/C22H20N2O3/c1-26-17-12-10-16(11-13-17)24-21(15-6-5-7-18(14-15)27-2)23-20-9-4-3-8-19(20)22(24)25/h3-14,21,23H,1-2H3/t21-/m0/s1. The lowest BCUT2D eigenvalue weighted by Crippen LogP contribution is -2.43. The van der Waals surface area contributed by atoms with Crippen LogP contribution in [0.5, 0.6) is 11.5 Å². The van der Waals surface area contributed by atoms with Crippen LogP contribution in [0.1, 0.15) is 22.1 Å². The number of benzene rings is 3. The first-order chi connectivity index (χ1) is 13.2. The summed E-state index contributed by atoms with van der Waals surface area (Å²) in [6.45, 7) is 0. The van der Waals surface area contributed by atoms with Gasteiger partial charge in [0.2, 0.25) is 0 Å². The molecule has 1 atom stereocenters. The van der Waals surface area contributed by atoms with Crippen LogP contribution in [0.2, 0.25) is 0 Å². The number of nitrogens with one attached hydrogen (secondary N) is 1. The van der Waals surface area contributed by atoms with Crippen molar-refractivity contribution in [1.82, 2.24) is 0 Å². The summed E-state index contributed by atoms with van der Waals surface area (Å²) in [6, 6.07) is 22.8. The molecule has 0 spiro atoms. The summed E-state index contributed by atoms with van der Waals surface area (Å²) in [5, 5.41) is 3.49. The fourth-order valence-corrected chi connectivity index (χ4v) is 3.31. The number of carbonyl (C=O) groups excluding carboxylic acids is 1. The van der Waals surface area contributed by atoms with E-state index >= 15 is 0 Å². The fourth-order valence-electron chi connectivity index (χ4n) is 3.31. The summed E-state index contributed by atoms with van der Waals surface area (Å²) in [5.74, 6) is 1.44. The lowest BCUT2D eigenvalue weighted by Gasteiger charge is -2.38. The van der Waals surface area contributed by atoms with Gasteiger partial charge in [0.15, 0.2) is 0 Å². The molecule has 4 rings (SSSR count). The van der Waals surface area contributed by atoms with Gasteiger partial charge in [-0.2, -0.15) is 0 Å². The Morgan fingerprint density at radius 2 is 1.59 bits per heavy atom. The van der Waals surface area contributed by atoms with E-state index in [1.165, 1.54) is 0 Å². The van der Waals surface area contributed by atoms with Gasteiger partial charge >= 0.3 is 0 Å². The second-order valence-corrected chi connectivity index (χ2v) is 6.24. The largest absolute Gasteiger partial charge is 0.497 e. The van der Waals surface area contributed by atoms with Gasteiger partial charge in [0.25, 0.3) is 5.91 Å². The van der Waals surface area contributed by atoms with Crippen molar-refractivity contribution < 1.29 is 14.3 Å². The van der Waals surface area contributed by atoms with Crippen molar-refractivity contribution in [2.75, 3.05) is 24.4 Å². The van der Waals surface area contributed by atoms with Crippen LogP contribution in [0.4, 0.5) is 11.4 Å². The van der Waals surface area contributed by atoms with E-state index in [0.29, 0.717) is 5.56 Å². The van der Waals surface area contributed by atoms with Crippen molar-refractivity contribution in [3.63, 3.8) is 0 Å². The molecule has 3 aromatic carbocycles. The second-order valence-electron chi connectivity index (χ2n) is 6.24. The summed E-state index contributed by atoms with van der Waals surface area (Å²) in [5.41, 5.74) is 3.19. The molecule has 0 aliphatic carbocycles. The Balaban J connectivity index is 1.83. The maximum Gasteiger partial charge on any atom is 0.262 e. The highest BCUT2D eigenvalue weighted by molar-refractivity contribution is 6.12. The van der Waals surface area contributed by atoms with Gasteiger partial charge in [0.1, 0.15) is 17.7 Å². The number of hydrogen-bond acceptors (Lipinski definition) is 4. The summed E-state index contributed by atoms with van der Waals surface area (Å²) in [4.78, 5) is 15.1. The Morgan fingerprint density at radius 1 is 0.852 bits per heavy atom. The molecule has 5 nitrogen and oxygen atoms in total. The molecule has 27 heavy (non-hydrogen) atoms. The third-order valence-electron chi connectivity index (χ3n) is 4.69. The van der Waals surface area contributed by atoms with Crippen LogP contribution in [0.15, 0.2) is 72.8 Å². The average Bonchev–Trinajstić information content (AvgIpc) is 2.74. The molecular formula is C22H20N2O3. The summed E-state index contributed by atoms with van der Waals surface area (Å²) in [7, 11) is 3.26. The van der Waals surface area contributed by atoms with Gasteiger partial charge in [-0.05, 0) is 54.1 Å². The summed E-state index contributed by atoms with van der Waals surface area (Å²) in [6.07, 6.45) is -0.351. The molecule has 1 heterocycles. The number of fused-ring (bicyclic) bond motifs is 1. The first-order valence-electron chi connectivity index (χ1n) is 8.68. The van der Waals surface area contributed by atoms with Gasteiger partial charge in [-0.15, -0.1) is 0 Å². The van der Waals surface area contributed by atoms with Gasteiger partial charge in [-0.25, -0.2) is 0 Å². The van der Waals surface area contributed by atoms with Crippen LogP contribution in [-0.4, -0.2) is 20.1 Å². The summed E-state index contributed by atoms with van der Waals surface area (Å²) >= 11 is 0. The molecule has 0 fully saturated rings. The van der Waals surface area contributed by atoms with E-state index in [-0.39, 0.29) is 12.1 Å². The Kier molecular flexibility index (Phi) is 4.42. The number of ether oxygens (including phenoxy) is 2. The minimum absolute atomic E-state index is 0.0534. The van der Waals surface area contributed by atoms with Crippen LogP contribution in [-0.2, 0) is 0 Å². The van der Waals surface area contributed by atoms with Crippen molar-refractivity contribution in [2.45, 2.75) is 6.17 Å². The van der Waals surface area contributed by atoms with Crippen molar-refractivity contribution in [1.29, 1.82) is 0 Å². The lowest BCUT2D eigenvalue weighted by atomic mass is 10.0. The number of para-hydroxylation sites is 1. The number of anilines is 2. The predicted molar refractivity (Wildman–Crippen MR) is 106 cm³/mol. The normalized spacial score (nSPS) is 15.7. The Labute approximate surface area is 158 Å².